The van der Waals surface area contributed by atoms with Crippen LogP contribution in [0.15, 0.2) is 60.7 Å². The van der Waals surface area contributed by atoms with Gasteiger partial charge in [0.25, 0.3) is 17.7 Å². The van der Waals surface area contributed by atoms with Crippen molar-refractivity contribution in [2.24, 2.45) is 0 Å². The largest absolute Gasteiger partial charge is 0.447 e. The second-order valence-corrected chi connectivity index (χ2v) is 8.58. The smallest absolute Gasteiger partial charge is 0.416 e. The van der Waals surface area contributed by atoms with Gasteiger partial charge >= 0.3 is 6.09 Å². The Morgan fingerprint density at radius 3 is 1.95 bits per heavy atom. The van der Waals surface area contributed by atoms with E-state index in [4.69, 9.17) is 25.5 Å². The monoisotopic (exact) mass is 542 g/mol. The summed E-state index contributed by atoms with van der Waals surface area (Å²) in [5.41, 5.74) is 1.60. The van der Waals surface area contributed by atoms with E-state index in [9.17, 15) is 28.8 Å². The van der Waals surface area contributed by atoms with Crippen molar-refractivity contribution in [3.8, 4) is 0 Å². The fraction of sp³-hybridized carbons (Fsp3) is 0.308. The van der Waals surface area contributed by atoms with Gasteiger partial charge in [0.2, 0.25) is 15.7 Å². The number of imide groups is 2. The summed E-state index contributed by atoms with van der Waals surface area (Å²) in [7, 11) is 14.8. The Labute approximate surface area is 235 Å². The lowest BCUT2D eigenvalue weighted by Crippen LogP contribution is -2.39. The molecule has 40 heavy (non-hydrogen) atoms. The van der Waals surface area contributed by atoms with Crippen LogP contribution in [0.3, 0.4) is 0 Å². The first-order valence-corrected chi connectivity index (χ1v) is 12.1. The van der Waals surface area contributed by atoms with Crippen molar-refractivity contribution in [1.29, 1.82) is 0 Å². The molecule has 2 aromatic rings. The standard InChI is InChI=1S/C11H10BNO3.C10H11BO2.C5H4BNO4/c12-10(14)13-9(7-16-11(13)15)6-8-4-2-1-3-5-8;11-10(13)6-9(7-12)8-4-2-1-3-5-8;6-5(10)11-7-3(8)1-2-4(7)9/h1-5,9H,6-7H2;1-5,9,12H,6-7H2;1-2H2/t2*9-;/m00./s1. The highest BCUT2D eigenvalue weighted by Crippen LogP contribution is 2.18. The molecule has 0 saturated carbocycles. The molecule has 0 aliphatic carbocycles. The number of aliphatic hydroxyl groups is 1. The first kappa shape index (κ1) is 32.0. The van der Waals surface area contributed by atoms with Crippen LogP contribution in [0.2, 0.25) is 0 Å². The summed E-state index contributed by atoms with van der Waals surface area (Å²) in [6.45, 7) is 0.156. The molecule has 2 saturated heterocycles. The van der Waals surface area contributed by atoms with Crippen LogP contribution >= 0.6 is 0 Å². The van der Waals surface area contributed by atoms with Gasteiger partial charge in [0, 0.05) is 25.2 Å². The van der Waals surface area contributed by atoms with Gasteiger partial charge < -0.3 is 19.5 Å². The van der Waals surface area contributed by atoms with Crippen LogP contribution in [0, 0.1) is 0 Å². The van der Waals surface area contributed by atoms with Gasteiger partial charge in [-0.25, -0.2) is 4.79 Å². The molecule has 2 fully saturated rings. The van der Waals surface area contributed by atoms with E-state index in [2.05, 4.69) is 12.7 Å². The number of ether oxygens (including phenoxy) is 1. The third-order valence-electron chi connectivity index (χ3n) is 5.64. The van der Waals surface area contributed by atoms with Crippen LogP contribution in [-0.2, 0) is 30.4 Å². The number of aliphatic hydroxyl groups excluding tert-OH is 1. The molecule has 6 radical (unpaired) electrons. The molecule has 2 heterocycles. The van der Waals surface area contributed by atoms with Crippen LogP contribution in [0.1, 0.15) is 36.3 Å². The highest BCUT2D eigenvalue weighted by Gasteiger charge is 2.35. The maximum Gasteiger partial charge on any atom is 0.416 e. The maximum absolute atomic E-state index is 11.2. The summed E-state index contributed by atoms with van der Waals surface area (Å²) in [5, 5.41) is 9.41. The molecule has 2 aliphatic heterocycles. The number of carbonyl (C=O) groups excluding carboxylic acids is 6. The van der Waals surface area contributed by atoms with E-state index >= 15 is 0 Å². The van der Waals surface area contributed by atoms with E-state index < -0.39 is 29.6 Å². The van der Waals surface area contributed by atoms with E-state index in [0.29, 0.717) is 11.5 Å². The normalized spacial score (nSPS) is 16.6. The molecule has 1 N–H and O–H groups in total. The van der Waals surface area contributed by atoms with Crippen LogP contribution in [0.5, 0.6) is 0 Å². The van der Waals surface area contributed by atoms with Gasteiger partial charge in [-0.2, -0.15) is 0 Å². The van der Waals surface area contributed by atoms with E-state index in [1.165, 1.54) is 0 Å². The molecule has 0 unspecified atom stereocenters. The molecule has 4 rings (SSSR count). The van der Waals surface area contributed by atoms with Crippen molar-refractivity contribution in [1.82, 2.24) is 9.96 Å². The molecule has 0 bridgehead atoms. The molecular formula is C26H25B3N2O9. The second-order valence-electron chi connectivity index (χ2n) is 8.58. The third-order valence-corrected chi connectivity index (χ3v) is 5.64. The average Bonchev–Trinajstić information content (AvgIpc) is 3.45. The van der Waals surface area contributed by atoms with Crippen LogP contribution < -0.4 is 0 Å². The number of nitrogens with zero attached hydrogens (tertiary/aromatic N) is 2. The van der Waals surface area contributed by atoms with Crippen LogP contribution in [0.25, 0.3) is 0 Å². The number of rotatable bonds is 7. The van der Waals surface area contributed by atoms with E-state index in [0.717, 1.165) is 16.0 Å². The van der Waals surface area contributed by atoms with Crippen molar-refractivity contribution in [3.63, 3.8) is 0 Å². The van der Waals surface area contributed by atoms with E-state index in [-0.39, 0.29) is 50.1 Å². The zero-order valence-electron chi connectivity index (χ0n) is 21.5. The minimum atomic E-state index is -1.16. The van der Waals surface area contributed by atoms with Gasteiger partial charge in [-0.15, -0.1) is 5.06 Å². The quantitative estimate of drug-likeness (QED) is 0.407. The second kappa shape index (κ2) is 16.0. The molecule has 2 atom stereocenters. The van der Waals surface area contributed by atoms with Gasteiger partial charge in [-0.3, -0.25) is 24.1 Å². The van der Waals surface area contributed by atoms with Gasteiger partial charge in [-0.05, 0) is 17.5 Å². The lowest BCUT2D eigenvalue weighted by atomic mass is 9.88. The highest BCUT2D eigenvalue weighted by atomic mass is 16.7. The molecule has 4 amide bonds. The first-order valence-electron chi connectivity index (χ1n) is 12.1. The van der Waals surface area contributed by atoms with Crippen LogP contribution in [-0.4, -0.2) is 93.1 Å². The molecule has 0 aromatic heterocycles. The summed E-state index contributed by atoms with van der Waals surface area (Å²) < 4.78 is 4.80. The molecule has 202 valence electrons. The Kier molecular flexibility index (Phi) is 12.8. The number of hydroxylamine groups is 2. The molecule has 0 spiro atoms. The molecule has 14 heteroatoms. The Morgan fingerprint density at radius 1 is 0.925 bits per heavy atom. The molecule has 2 aromatic carbocycles. The van der Waals surface area contributed by atoms with Crippen LogP contribution in [0.4, 0.5) is 14.4 Å². The van der Waals surface area contributed by atoms with Crippen molar-refractivity contribution in [3.05, 3.63) is 71.8 Å². The number of benzene rings is 2. The average molecular weight is 542 g/mol. The Hall–Kier alpha value is -4.19. The molecule has 2 aliphatic rings. The minimum Gasteiger partial charge on any atom is -0.447 e. The first-order chi connectivity index (χ1) is 19.0. The zero-order chi connectivity index (χ0) is 29.7. The third kappa shape index (κ3) is 10.2. The lowest BCUT2D eigenvalue weighted by molar-refractivity contribution is -0.169. The van der Waals surface area contributed by atoms with Crippen molar-refractivity contribution in [2.75, 3.05) is 13.2 Å². The number of amides is 4. The SMILES string of the molecule is [B]C(=O)C[C@@H](CO)c1ccccc1.[B]C(=O)N1C(=O)OC[C@@H]1Cc1ccccc1.[B]C(=O)ON1C(=O)CCC1=O. The predicted molar refractivity (Wildman–Crippen MR) is 143 cm³/mol. The van der Waals surface area contributed by atoms with Gasteiger partial charge in [0.15, 0.2) is 13.7 Å². The summed E-state index contributed by atoms with van der Waals surface area (Å²) in [5.74, 6) is -3.15. The van der Waals surface area contributed by atoms with Crippen molar-refractivity contribution < 1.29 is 43.4 Å². The van der Waals surface area contributed by atoms with E-state index in [1.807, 2.05) is 60.7 Å². The molecular weight excluding hydrogens is 517 g/mol. The Balaban J connectivity index is 0.000000214. The summed E-state index contributed by atoms with van der Waals surface area (Å²) in [4.78, 5) is 69.5. The van der Waals surface area contributed by atoms with Gasteiger partial charge in [-0.1, -0.05) is 60.7 Å². The number of hydrogen-bond acceptors (Lipinski definition) is 9. The Bertz CT molecular complexity index is 1180. The molecule has 11 nitrogen and oxygen atoms in total. The van der Waals surface area contributed by atoms with Gasteiger partial charge in [0.1, 0.15) is 6.61 Å². The number of carbonyl (C=O) groups is 6. The number of hydrogen-bond donors (Lipinski definition) is 1. The minimum absolute atomic E-state index is 0.0487. The fourth-order valence-electron chi connectivity index (χ4n) is 3.77. The summed E-state index contributed by atoms with van der Waals surface area (Å²) in [6, 6.07) is 18.7. The van der Waals surface area contributed by atoms with E-state index in [1.54, 1.807) is 0 Å². The summed E-state index contributed by atoms with van der Waals surface area (Å²) in [6.07, 6.45) is 0.252. The summed E-state index contributed by atoms with van der Waals surface area (Å²) >= 11 is 0. The lowest BCUT2D eigenvalue weighted by Gasteiger charge is -2.18. The fourth-order valence-corrected chi connectivity index (χ4v) is 3.77. The van der Waals surface area contributed by atoms with Crippen molar-refractivity contribution in [2.45, 2.75) is 37.6 Å². The van der Waals surface area contributed by atoms with Crippen molar-refractivity contribution >= 4 is 58.8 Å². The topological polar surface area (TPSA) is 148 Å². The predicted octanol–water partition coefficient (Wildman–Crippen LogP) is 1.54. The maximum atomic E-state index is 11.2. The Morgan fingerprint density at radius 2 is 1.48 bits per heavy atom. The zero-order valence-corrected chi connectivity index (χ0v) is 21.5. The highest BCUT2D eigenvalue weighted by molar-refractivity contribution is 6.58. The van der Waals surface area contributed by atoms with Gasteiger partial charge in [0.05, 0.1) is 18.3 Å². The number of cyclic esters (lactones) is 1.